The molecule has 0 bridgehead atoms. The second-order valence-electron chi connectivity index (χ2n) is 5.18. The van der Waals surface area contributed by atoms with E-state index in [-0.39, 0.29) is 11.5 Å². The van der Waals surface area contributed by atoms with Gasteiger partial charge < -0.3 is 4.74 Å². The van der Waals surface area contributed by atoms with Gasteiger partial charge in [0.2, 0.25) is 0 Å². The van der Waals surface area contributed by atoms with Gasteiger partial charge in [-0.3, -0.25) is 14.2 Å². The number of carbonyl (C=O) groups excluding carboxylic acids is 1. The number of rotatable bonds is 5. The molecule has 0 aromatic carbocycles. The highest BCUT2D eigenvalue weighted by atomic mass is 32.2. The van der Waals surface area contributed by atoms with Crippen molar-refractivity contribution in [1.29, 1.82) is 0 Å². The molecule has 1 heterocycles. The third-order valence-electron chi connectivity index (χ3n) is 3.53. The maximum Gasteiger partial charge on any atom is 0.319 e. The molecule has 1 unspecified atom stereocenters. The molecule has 0 aliphatic heterocycles. The van der Waals surface area contributed by atoms with Crippen LogP contribution >= 0.6 is 11.8 Å². The Kier molecular flexibility index (Phi) is 5.76. The number of aromatic nitrogens is 3. The Morgan fingerprint density at radius 1 is 1.45 bits per heavy atom. The average molecular weight is 323 g/mol. The van der Waals surface area contributed by atoms with E-state index in [2.05, 4.69) is 16.3 Å². The molecule has 22 heavy (non-hydrogen) atoms. The number of carbonyl (C=O) groups is 1. The predicted octanol–water partition coefficient (Wildman–Crippen LogP) is 2.18. The number of esters is 1. The topological polar surface area (TPSA) is 74.1 Å². The Bertz CT molecular complexity index is 639. The number of ether oxygens (including phenoxy) is 1. The van der Waals surface area contributed by atoms with Gasteiger partial charge in [0.15, 0.2) is 10.9 Å². The molecule has 1 aromatic heterocycles. The van der Waals surface area contributed by atoms with Crippen LogP contribution in [-0.2, 0) is 16.6 Å². The molecule has 1 aliphatic carbocycles. The summed E-state index contributed by atoms with van der Waals surface area (Å²) in [5, 5.41) is 8.21. The summed E-state index contributed by atoms with van der Waals surface area (Å²) >= 11 is 1.18. The van der Waals surface area contributed by atoms with E-state index < -0.39 is 5.25 Å². The van der Waals surface area contributed by atoms with Crippen LogP contribution in [0, 0.1) is 0 Å². The Morgan fingerprint density at radius 2 is 2.23 bits per heavy atom. The van der Waals surface area contributed by atoms with E-state index in [1.54, 1.807) is 20.9 Å². The monoisotopic (exact) mass is 323 g/mol. The number of hydrogen-bond donors (Lipinski definition) is 0. The highest BCUT2D eigenvalue weighted by Crippen LogP contribution is 2.24. The average Bonchev–Trinajstić information content (AvgIpc) is 2.53. The first-order valence-electron chi connectivity index (χ1n) is 7.51. The summed E-state index contributed by atoms with van der Waals surface area (Å²) in [6.45, 7) is 3.82. The molecular formula is C15H21N3O3S. The smallest absolute Gasteiger partial charge is 0.319 e. The normalized spacial score (nSPS) is 16.0. The standard InChI is InChI=1S/C15H21N3O3S/c1-4-21-14(20)10(2)22-15-17-16-12(13(19)18(15)3)11-8-6-5-7-9-11/h8,10H,4-7,9H2,1-3H3. The molecule has 0 saturated heterocycles. The Balaban J connectivity index is 2.22. The van der Waals surface area contributed by atoms with E-state index in [9.17, 15) is 9.59 Å². The molecule has 1 aromatic rings. The second kappa shape index (κ2) is 7.58. The quantitative estimate of drug-likeness (QED) is 0.611. The first-order valence-corrected chi connectivity index (χ1v) is 8.39. The Morgan fingerprint density at radius 3 is 2.86 bits per heavy atom. The molecule has 1 aliphatic rings. The fourth-order valence-electron chi connectivity index (χ4n) is 2.27. The van der Waals surface area contributed by atoms with Crippen molar-refractivity contribution in [2.45, 2.75) is 49.9 Å². The number of nitrogens with zero attached hydrogens (tertiary/aromatic N) is 3. The zero-order chi connectivity index (χ0) is 16.1. The van der Waals surface area contributed by atoms with E-state index in [1.807, 2.05) is 0 Å². The van der Waals surface area contributed by atoms with Gasteiger partial charge >= 0.3 is 5.97 Å². The molecule has 120 valence electrons. The summed E-state index contributed by atoms with van der Waals surface area (Å²) in [6.07, 6.45) is 6.16. The van der Waals surface area contributed by atoms with Crippen molar-refractivity contribution in [3.05, 3.63) is 22.1 Å². The summed E-state index contributed by atoms with van der Waals surface area (Å²) in [5.74, 6) is -0.319. The summed E-state index contributed by atoms with van der Waals surface area (Å²) in [7, 11) is 1.66. The highest BCUT2D eigenvalue weighted by Gasteiger charge is 2.20. The lowest BCUT2D eigenvalue weighted by Gasteiger charge is -2.14. The second-order valence-corrected chi connectivity index (χ2v) is 6.49. The molecule has 0 spiro atoms. The molecule has 1 atom stereocenters. The summed E-state index contributed by atoms with van der Waals surface area (Å²) in [5.41, 5.74) is 1.24. The fraction of sp³-hybridized carbons (Fsp3) is 0.600. The molecule has 0 N–H and O–H groups in total. The van der Waals surface area contributed by atoms with Crippen LogP contribution in [0.3, 0.4) is 0 Å². The van der Waals surface area contributed by atoms with Gasteiger partial charge in [0.25, 0.3) is 5.56 Å². The van der Waals surface area contributed by atoms with Crippen LogP contribution in [0.1, 0.15) is 45.2 Å². The molecule has 0 amide bonds. The van der Waals surface area contributed by atoms with Gasteiger partial charge in [-0.2, -0.15) is 0 Å². The lowest BCUT2D eigenvalue weighted by molar-refractivity contribution is -0.142. The summed E-state index contributed by atoms with van der Waals surface area (Å²) in [4.78, 5) is 24.1. The van der Waals surface area contributed by atoms with E-state index >= 15 is 0 Å². The number of thioether (sulfide) groups is 1. The van der Waals surface area contributed by atoms with Gasteiger partial charge in [0.1, 0.15) is 5.25 Å². The Hall–Kier alpha value is -1.63. The molecule has 0 fully saturated rings. The summed E-state index contributed by atoms with van der Waals surface area (Å²) < 4.78 is 6.42. The minimum atomic E-state index is -0.431. The van der Waals surface area contributed by atoms with Crippen molar-refractivity contribution in [3.63, 3.8) is 0 Å². The maximum atomic E-state index is 12.5. The predicted molar refractivity (Wildman–Crippen MR) is 85.7 cm³/mol. The van der Waals surface area contributed by atoms with Crippen molar-refractivity contribution in [1.82, 2.24) is 14.8 Å². The van der Waals surface area contributed by atoms with E-state index in [0.717, 1.165) is 31.3 Å². The lowest BCUT2D eigenvalue weighted by Crippen LogP contribution is -2.27. The lowest BCUT2D eigenvalue weighted by atomic mass is 9.97. The van der Waals surface area contributed by atoms with Gasteiger partial charge in [-0.1, -0.05) is 17.8 Å². The third kappa shape index (κ3) is 3.76. The van der Waals surface area contributed by atoms with Crippen LogP contribution in [-0.4, -0.2) is 32.6 Å². The highest BCUT2D eigenvalue weighted by molar-refractivity contribution is 8.00. The molecule has 0 saturated carbocycles. The van der Waals surface area contributed by atoms with Crippen molar-refractivity contribution in [2.75, 3.05) is 6.61 Å². The van der Waals surface area contributed by atoms with Crippen molar-refractivity contribution in [2.24, 2.45) is 7.05 Å². The van der Waals surface area contributed by atoms with Crippen LogP contribution in [0.25, 0.3) is 5.57 Å². The minimum Gasteiger partial charge on any atom is -0.465 e. The first-order chi connectivity index (χ1) is 10.5. The van der Waals surface area contributed by atoms with Crippen LogP contribution in [0.2, 0.25) is 0 Å². The number of hydrogen-bond acceptors (Lipinski definition) is 6. The SMILES string of the molecule is CCOC(=O)C(C)Sc1nnc(C2=CCCCC2)c(=O)n1C. The molecular weight excluding hydrogens is 302 g/mol. The minimum absolute atomic E-state index is 0.165. The van der Waals surface area contributed by atoms with Crippen LogP contribution < -0.4 is 5.56 Å². The largest absolute Gasteiger partial charge is 0.465 e. The molecule has 2 rings (SSSR count). The van der Waals surface area contributed by atoms with E-state index in [4.69, 9.17) is 4.74 Å². The van der Waals surface area contributed by atoms with E-state index in [1.165, 1.54) is 16.3 Å². The molecule has 7 heteroatoms. The van der Waals surface area contributed by atoms with Crippen molar-refractivity contribution >= 4 is 23.3 Å². The van der Waals surface area contributed by atoms with Gasteiger partial charge in [-0.25, -0.2) is 0 Å². The fourth-order valence-corrected chi connectivity index (χ4v) is 3.08. The van der Waals surface area contributed by atoms with Crippen molar-refractivity contribution < 1.29 is 9.53 Å². The maximum absolute atomic E-state index is 12.5. The van der Waals surface area contributed by atoms with Gasteiger partial charge in [0, 0.05) is 7.05 Å². The van der Waals surface area contributed by atoms with Crippen LogP contribution in [0.4, 0.5) is 0 Å². The third-order valence-corrected chi connectivity index (χ3v) is 4.64. The Labute approximate surface area is 134 Å². The van der Waals surface area contributed by atoms with E-state index in [0.29, 0.717) is 17.5 Å². The van der Waals surface area contributed by atoms with Gasteiger partial charge in [-0.05, 0) is 45.1 Å². The zero-order valence-corrected chi connectivity index (χ0v) is 14.0. The van der Waals surface area contributed by atoms with Gasteiger partial charge in [-0.15, -0.1) is 10.2 Å². The van der Waals surface area contributed by atoms with Crippen molar-refractivity contribution in [3.8, 4) is 0 Å². The summed E-state index contributed by atoms with van der Waals surface area (Å²) in [6, 6.07) is 0. The van der Waals surface area contributed by atoms with Crippen LogP contribution in [0.15, 0.2) is 16.0 Å². The number of allylic oxidation sites excluding steroid dienone is 2. The van der Waals surface area contributed by atoms with Crippen LogP contribution in [0.5, 0.6) is 0 Å². The van der Waals surface area contributed by atoms with Gasteiger partial charge in [0.05, 0.1) is 6.61 Å². The first kappa shape index (κ1) is 16.7. The molecule has 6 nitrogen and oxygen atoms in total. The zero-order valence-electron chi connectivity index (χ0n) is 13.2. The molecule has 0 radical (unpaired) electrons.